The lowest BCUT2D eigenvalue weighted by atomic mass is 10.2. The van der Waals surface area contributed by atoms with E-state index in [0.717, 1.165) is 0 Å². The van der Waals surface area contributed by atoms with E-state index in [-0.39, 0.29) is 5.75 Å². The molecule has 0 amide bonds. The van der Waals surface area contributed by atoms with Crippen LogP contribution in [-0.4, -0.2) is 5.11 Å². The van der Waals surface area contributed by atoms with E-state index in [2.05, 4.69) is 22.9 Å². The molecule has 0 fully saturated rings. The van der Waals surface area contributed by atoms with Gasteiger partial charge in [0.2, 0.25) is 0 Å². The summed E-state index contributed by atoms with van der Waals surface area (Å²) in [5.74, 6) is 0.220. The number of benzene rings is 1. The quantitative estimate of drug-likeness (QED) is 0.659. The monoisotopic (exact) mass is 185 g/mol. The summed E-state index contributed by atoms with van der Waals surface area (Å²) in [4.78, 5) is 0. The standard InChI is InChI=1S/C7H6BrO/c1-5-3-2-4-6(8)7(5)9/h2-4,9H,1H2. The van der Waals surface area contributed by atoms with E-state index in [1.165, 1.54) is 0 Å². The summed E-state index contributed by atoms with van der Waals surface area (Å²) in [7, 11) is 0. The highest BCUT2D eigenvalue weighted by Gasteiger charge is 1.97. The molecule has 0 bridgehead atoms. The van der Waals surface area contributed by atoms with E-state index in [4.69, 9.17) is 5.11 Å². The van der Waals surface area contributed by atoms with Gasteiger partial charge in [-0.05, 0) is 34.5 Å². The molecule has 1 radical (unpaired) electrons. The molecule has 0 aliphatic heterocycles. The molecule has 0 atom stereocenters. The first-order valence-corrected chi connectivity index (χ1v) is 3.30. The van der Waals surface area contributed by atoms with Crippen LogP contribution in [0.5, 0.6) is 5.75 Å². The Hall–Kier alpha value is -0.500. The highest BCUT2D eigenvalue weighted by molar-refractivity contribution is 9.10. The first-order chi connectivity index (χ1) is 4.22. The fourth-order valence-corrected chi connectivity index (χ4v) is 0.967. The van der Waals surface area contributed by atoms with Gasteiger partial charge in [-0.2, -0.15) is 0 Å². The van der Waals surface area contributed by atoms with Crippen molar-refractivity contribution in [3.63, 3.8) is 0 Å². The third-order valence-electron chi connectivity index (χ3n) is 1.07. The van der Waals surface area contributed by atoms with Crippen molar-refractivity contribution in [1.82, 2.24) is 0 Å². The molecule has 1 nitrogen and oxygen atoms in total. The van der Waals surface area contributed by atoms with Crippen molar-refractivity contribution >= 4 is 15.9 Å². The van der Waals surface area contributed by atoms with Gasteiger partial charge in [0, 0.05) is 0 Å². The average molecular weight is 186 g/mol. The molecule has 1 N–H and O–H groups in total. The summed E-state index contributed by atoms with van der Waals surface area (Å²) in [6, 6.07) is 5.34. The molecule has 47 valence electrons. The van der Waals surface area contributed by atoms with Crippen molar-refractivity contribution < 1.29 is 5.11 Å². The smallest absolute Gasteiger partial charge is 0.132 e. The normalized spacial score (nSPS) is 9.56. The van der Waals surface area contributed by atoms with Gasteiger partial charge in [-0.15, -0.1) is 0 Å². The average Bonchev–Trinajstić information content (AvgIpc) is 1.83. The zero-order valence-electron chi connectivity index (χ0n) is 4.76. The van der Waals surface area contributed by atoms with Crippen LogP contribution in [-0.2, 0) is 0 Å². The number of phenols is 1. The van der Waals surface area contributed by atoms with Crippen LogP contribution in [0.25, 0.3) is 0 Å². The number of aromatic hydroxyl groups is 1. The second-order valence-electron chi connectivity index (χ2n) is 1.75. The Morgan fingerprint density at radius 3 is 2.56 bits per heavy atom. The number of para-hydroxylation sites is 1. The molecule has 9 heavy (non-hydrogen) atoms. The second kappa shape index (κ2) is 2.40. The Morgan fingerprint density at radius 1 is 1.44 bits per heavy atom. The molecule has 0 heterocycles. The van der Waals surface area contributed by atoms with Gasteiger partial charge in [-0.3, -0.25) is 0 Å². The van der Waals surface area contributed by atoms with Gasteiger partial charge in [0.05, 0.1) is 4.47 Å². The molecule has 0 saturated heterocycles. The number of rotatable bonds is 0. The van der Waals surface area contributed by atoms with E-state index in [9.17, 15) is 0 Å². The van der Waals surface area contributed by atoms with Crippen LogP contribution in [0.15, 0.2) is 22.7 Å². The molecule has 1 aromatic carbocycles. The number of halogens is 1. The summed E-state index contributed by atoms with van der Waals surface area (Å²) in [5, 5.41) is 9.10. The molecule has 1 rings (SSSR count). The van der Waals surface area contributed by atoms with E-state index < -0.39 is 0 Å². The van der Waals surface area contributed by atoms with Crippen LogP contribution in [0.1, 0.15) is 5.56 Å². The maximum Gasteiger partial charge on any atom is 0.132 e. The number of phenolic OH excluding ortho intramolecular Hbond substituents is 1. The first-order valence-electron chi connectivity index (χ1n) is 2.51. The van der Waals surface area contributed by atoms with Crippen molar-refractivity contribution in [3.05, 3.63) is 35.2 Å². The Labute approximate surface area is 62.5 Å². The third kappa shape index (κ3) is 1.24. The highest BCUT2D eigenvalue weighted by atomic mass is 79.9. The molecular formula is C7H6BrO. The summed E-state index contributed by atoms with van der Waals surface area (Å²) < 4.78 is 0.690. The topological polar surface area (TPSA) is 20.2 Å². The Bertz CT molecular complexity index is 200. The number of hydrogen-bond donors (Lipinski definition) is 1. The second-order valence-corrected chi connectivity index (χ2v) is 2.60. The minimum absolute atomic E-state index is 0.220. The van der Waals surface area contributed by atoms with Gasteiger partial charge < -0.3 is 5.11 Å². The zero-order valence-corrected chi connectivity index (χ0v) is 6.35. The molecule has 2 heteroatoms. The van der Waals surface area contributed by atoms with E-state index >= 15 is 0 Å². The first kappa shape index (κ1) is 6.62. The summed E-state index contributed by atoms with van der Waals surface area (Å²) >= 11 is 3.16. The van der Waals surface area contributed by atoms with Crippen LogP contribution in [0.2, 0.25) is 0 Å². The maximum atomic E-state index is 9.10. The molecular weight excluding hydrogens is 180 g/mol. The van der Waals surface area contributed by atoms with E-state index in [1.54, 1.807) is 12.1 Å². The lowest BCUT2D eigenvalue weighted by Gasteiger charge is -1.97. The molecule has 0 aromatic heterocycles. The largest absolute Gasteiger partial charge is 0.506 e. The van der Waals surface area contributed by atoms with Crippen LogP contribution in [0.4, 0.5) is 0 Å². The molecule has 0 unspecified atom stereocenters. The van der Waals surface area contributed by atoms with Gasteiger partial charge >= 0.3 is 0 Å². The Balaban J connectivity index is 3.25. The summed E-state index contributed by atoms with van der Waals surface area (Å²) in [5.41, 5.74) is 0.643. The molecule has 0 saturated carbocycles. The van der Waals surface area contributed by atoms with Crippen LogP contribution < -0.4 is 0 Å². The molecule has 1 aromatic rings. The van der Waals surface area contributed by atoms with Gasteiger partial charge in [-0.25, -0.2) is 0 Å². The van der Waals surface area contributed by atoms with Crippen molar-refractivity contribution in [1.29, 1.82) is 0 Å². The van der Waals surface area contributed by atoms with Gasteiger partial charge in [-0.1, -0.05) is 12.1 Å². The molecule has 0 aliphatic carbocycles. The highest BCUT2D eigenvalue weighted by Crippen LogP contribution is 2.25. The fraction of sp³-hybridized carbons (Fsp3) is 0. The van der Waals surface area contributed by atoms with Crippen LogP contribution in [0, 0.1) is 6.92 Å². The minimum atomic E-state index is 0.220. The fourth-order valence-electron chi connectivity index (χ4n) is 0.560. The van der Waals surface area contributed by atoms with Gasteiger partial charge in [0.1, 0.15) is 5.75 Å². The molecule has 0 spiro atoms. The van der Waals surface area contributed by atoms with Crippen molar-refractivity contribution in [3.8, 4) is 5.75 Å². The lowest BCUT2D eigenvalue weighted by molar-refractivity contribution is 0.469. The lowest BCUT2D eigenvalue weighted by Crippen LogP contribution is -1.73. The maximum absolute atomic E-state index is 9.10. The predicted octanol–water partition coefficient (Wildman–Crippen LogP) is 2.34. The van der Waals surface area contributed by atoms with Crippen molar-refractivity contribution in [2.24, 2.45) is 0 Å². The van der Waals surface area contributed by atoms with Gasteiger partial charge in [0.15, 0.2) is 0 Å². The Kier molecular flexibility index (Phi) is 1.76. The van der Waals surface area contributed by atoms with Crippen molar-refractivity contribution in [2.75, 3.05) is 0 Å². The van der Waals surface area contributed by atoms with Crippen LogP contribution in [0.3, 0.4) is 0 Å². The van der Waals surface area contributed by atoms with Crippen molar-refractivity contribution in [2.45, 2.75) is 0 Å². The van der Waals surface area contributed by atoms with E-state index in [0.29, 0.717) is 10.0 Å². The van der Waals surface area contributed by atoms with E-state index in [1.807, 2.05) is 6.07 Å². The third-order valence-corrected chi connectivity index (χ3v) is 1.71. The summed E-state index contributed by atoms with van der Waals surface area (Å²) in [6.07, 6.45) is 0. The predicted molar refractivity (Wildman–Crippen MR) is 40.3 cm³/mol. The summed E-state index contributed by atoms with van der Waals surface area (Å²) in [6.45, 7) is 3.60. The van der Waals surface area contributed by atoms with Gasteiger partial charge in [0.25, 0.3) is 0 Å². The molecule has 0 aliphatic rings. The Morgan fingerprint density at radius 2 is 2.11 bits per heavy atom. The number of hydrogen-bond acceptors (Lipinski definition) is 1. The zero-order chi connectivity index (χ0) is 6.85. The van der Waals surface area contributed by atoms with Crippen LogP contribution >= 0.6 is 15.9 Å². The SMILES string of the molecule is [CH2]c1cccc(Br)c1O. The minimum Gasteiger partial charge on any atom is -0.506 e.